The van der Waals surface area contributed by atoms with E-state index >= 15 is 0 Å². The van der Waals surface area contributed by atoms with Gasteiger partial charge in [-0.2, -0.15) is 0 Å². The maximum absolute atomic E-state index is 13.0. The van der Waals surface area contributed by atoms with Crippen molar-refractivity contribution in [1.29, 1.82) is 0 Å². The van der Waals surface area contributed by atoms with Crippen LogP contribution in [0, 0.1) is 0 Å². The molecule has 140 valence electrons. The summed E-state index contributed by atoms with van der Waals surface area (Å²) in [5.74, 6) is -0.701. The predicted octanol–water partition coefficient (Wildman–Crippen LogP) is 4.05. The van der Waals surface area contributed by atoms with Gasteiger partial charge in [-0.15, -0.1) is 0 Å². The van der Waals surface area contributed by atoms with Crippen LogP contribution >= 0.6 is 15.9 Å². The van der Waals surface area contributed by atoms with Gasteiger partial charge in [0.1, 0.15) is 5.54 Å². The smallest absolute Gasteiger partial charge is 0.319 e. The number of aryl methyl sites for hydroxylation is 1. The zero-order valence-electron chi connectivity index (χ0n) is 15.3. The average molecular weight is 429 g/mol. The predicted molar refractivity (Wildman–Crippen MR) is 107 cm³/mol. The van der Waals surface area contributed by atoms with Crippen LogP contribution in [0.15, 0.2) is 53.0 Å². The molecule has 1 unspecified atom stereocenters. The van der Waals surface area contributed by atoms with E-state index in [1.807, 2.05) is 24.3 Å². The van der Waals surface area contributed by atoms with Gasteiger partial charge >= 0.3 is 6.03 Å². The Morgan fingerprint density at radius 2 is 1.78 bits per heavy atom. The molecule has 1 aliphatic heterocycles. The number of nitrogens with one attached hydrogen (secondary N) is 1. The number of hydrogen-bond donors (Lipinski definition) is 1. The van der Waals surface area contributed by atoms with E-state index in [2.05, 4.69) is 28.2 Å². The molecule has 1 saturated heterocycles. The van der Waals surface area contributed by atoms with E-state index in [4.69, 9.17) is 0 Å². The van der Waals surface area contributed by atoms with E-state index in [0.29, 0.717) is 11.1 Å². The molecule has 1 N–H and O–H groups in total. The second-order valence-corrected chi connectivity index (χ2v) is 7.65. The summed E-state index contributed by atoms with van der Waals surface area (Å²) in [5, 5.41) is 2.73. The number of Topliss-reactive ketones (excluding diaryl/α,β-unsaturated/α-hetero) is 1. The second kappa shape index (κ2) is 7.64. The van der Waals surface area contributed by atoms with Gasteiger partial charge in [0.25, 0.3) is 5.91 Å². The minimum absolute atomic E-state index is 0.266. The number of benzene rings is 2. The lowest BCUT2D eigenvalue weighted by Crippen LogP contribution is -2.41. The summed E-state index contributed by atoms with van der Waals surface area (Å²) in [7, 11) is 0. The Balaban J connectivity index is 1.79. The lowest BCUT2D eigenvalue weighted by atomic mass is 9.92. The SMILES string of the molecule is CCCc1ccc(C(=O)CN2C(=O)NC(C)(c3ccccc3Br)C2=O)cc1. The maximum Gasteiger partial charge on any atom is 0.325 e. The van der Waals surface area contributed by atoms with Crippen molar-refractivity contribution in [3.05, 3.63) is 69.7 Å². The molecule has 0 radical (unpaired) electrons. The van der Waals surface area contributed by atoms with Crippen LogP contribution in [-0.4, -0.2) is 29.2 Å². The van der Waals surface area contributed by atoms with Crippen molar-refractivity contribution in [3.63, 3.8) is 0 Å². The van der Waals surface area contributed by atoms with E-state index in [0.717, 1.165) is 27.8 Å². The second-order valence-electron chi connectivity index (χ2n) is 6.80. The molecule has 0 spiro atoms. The molecule has 0 bridgehead atoms. The fraction of sp³-hybridized carbons (Fsp3) is 0.286. The number of amides is 3. The van der Waals surface area contributed by atoms with Crippen LogP contribution in [-0.2, 0) is 16.8 Å². The largest absolute Gasteiger partial charge is 0.325 e. The van der Waals surface area contributed by atoms with Crippen LogP contribution in [0.5, 0.6) is 0 Å². The zero-order valence-corrected chi connectivity index (χ0v) is 16.9. The number of ketones is 1. The Kier molecular flexibility index (Phi) is 5.46. The molecule has 2 aromatic rings. The van der Waals surface area contributed by atoms with Crippen molar-refractivity contribution in [2.75, 3.05) is 6.54 Å². The minimum atomic E-state index is -1.21. The molecule has 3 rings (SSSR count). The Bertz CT molecular complexity index is 895. The van der Waals surface area contributed by atoms with Gasteiger partial charge in [-0.25, -0.2) is 4.79 Å². The van der Waals surface area contributed by atoms with E-state index in [-0.39, 0.29) is 12.3 Å². The van der Waals surface area contributed by atoms with E-state index in [9.17, 15) is 14.4 Å². The molecule has 0 saturated carbocycles. The highest BCUT2D eigenvalue weighted by Gasteiger charge is 2.50. The molecular formula is C21H21BrN2O3. The van der Waals surface area contributed by atoms with Gasteiger partial charge in [0.2, 0.25) is 0 Å². The summed E-state index contributed by atoms with van der Waals surface area (Å²) < 4.78 is 0.723. The molecule has 1 atom stereocenters. The van der Waals surface area contributed by atoms with Crippen molar-refractivity contribution >= 4 is 33.7 Å². The van der Waals surface area contributed by atoms with Gasteiger partial charge in [-0.3, -0.25) is 14.5 Å². The Labute approximate surface area is 166 Å². The third-order valence-corrected chi connectivity index (χ3v) is 5.50. The van der Waals surface area contributed by atoms with E-state index in [1.54, 1.807) is 31.2 Å². The lowest BCUT2D eigenvalue weighted by molar-refractivity contribution is -0.130. The number of carbonyl (C=O) groups excluding carboxylic acids is 3. The maximum atomic E-state index is 13.0. The quantitative estimate of drug-likeness (QED) is 0.557. The van der Waals surface area contributed by atoms with Gasteiger partial charge in [-0.1, -0.05) is 71.7 Å². The van der Waals surface area contributed by atoms with E-state index < -0.39 is 17.5 Å². The number of hydrogen-bond acceptors (Lipinski definition) is 3. The Morgan fingerprint density at radius 3 is 2.41 bits per heavy atom. The summed E-state index contributed by atoms with van der Waals surface area (Å²) in [6.45, 7) is 3.47. The molecule has 3 amide bonds. The highest BCUT2D eigenvalue weighted by molar-refractivity contribution is 9.10. The lowest BCUT2D eigenvalue weighted by Gasteiger charge is -2.23. The molecule has 1 heterocycles. The van der Waals surface area contributed by atoms with Crippen molar-refractivity contribution in [3.8, 4) is 0 Å². The molecule has 0 aromatic heterocycles. The first-order valence-electron chi connectivity index (χ1n) is 8.88. The number of halogens is 1. The molecule has 27 heavy (non-hydrogen) atoms. The standard InChI is InChI=1S/C21H21BrN2O3/c1-3-6-14-9-11-15(12-10-14)18(25)13-24-19(26)21(2,23-20(24)27)16-7-4-5-8-17(16)22/h4-5,7-12H,3,6,13H2,1-2H3,(H,23,27). The minimum Gasteiger partial charge on any atom is -0.319 e. The summed E-state index contributed by atoms with van der Waals surface area (Å²) >= 11 is 3.43. The van der Waals surface area contributed by atoms with E-state index in [1.165, 1.54) is 0 Å². The summed E-state index contributed by atoms with van der Waals surface area (Å²) in [4.78, 5) is 39.0. The fourth-order valence-corrected chi connectivity index (χ4v) is 3.95. The summed E-state index contributed by atoms with van der Waals surface area (Å²) in [6, 6.07) is 14.0. The van der Waals surface area contributed by atoms with Gasteiger partial charge in [0.15, 0.2) is 5.78 Å². The highest BCUT2D eigenvalue weighted by atomic mass is 79.9. The first kappa shape index (κ1) is 19.3. The molecule has 1 aliphatic rings. The molecule has 0 aliphatic carbocycles. The normalized spacial score (nSPS) is 19.3. The van der Waals surface area contributed by atoms with Crippen LogP contribution < -0.4 is 5.32 Å². The van der Waals surface area contributed by atoms with Crippen molar-refractivity contribution < 1.29 is 14.4 Å². The first-order chi connectivity index (χ1) is 12.9. The van der Waals surface area contributed by atoms with Crippen LogP contribution in [0.4, 0.5) is 4.79 Å². The van der Waals surface area contributed by atoms with Crippen molar-refractivity contribution in [2.24, 2.45) is 0 Å². The number of carbonyl (C=O) groups is 3. The number of urea groups is 1. The topological polar surface area (TPSA) is 66.5 Å². The molecule has 5 nitrogen and oxygen atoms in total. The van der Waals surface area contributed by atoms with Gasteiger partial charge < -0.3 is 5.32 Å². The fourth-order valence-electron chi connectivity index (χ4n) is 3.27. The van der Waals surface area contributed by atoms with Crippen LogP contribution in [0.3, 0.4) is 0 Å². The Morgan fingerprint density at radius 1 is 1.11 bits per heavy atom. The first-order valence-corrected chi connectivity index (χ1v) is 9.67. The van der Waals surface area contributed by atoms with Crippen LogP contribution in [0.25, 0.3) is 0 Å². The highest BCUT2D eigenvalue weighted by Crippen LogP contribution is 2.33. The van der Waals surface area contributed by atoms with Crippen molar-refractivity contribution in [2.45, 2.75) is 32.2 Å². The number of nitrogens with zero attached hydrogens (tertiary/aromatic N) is 1. The zero-order chi connectivity index (χ0) is 19.6. The molecule has 1 fully saturated rings. The van der Waals surface area contributed by atoms with Gasteiger partial charge in [0.05, 0.1) is 6.54 Å². The number of imide groups is 1. The summed E-state index contributed by atoms with van der Waals surface area (Å²) in [6.07, 6.45) is 1.98. The third kappa shape index (κ3) is 3.67. The Hall–Kier alpha value is -2.47. The third-order valence-electron chi connectivity index (χ3n) is 4.80. The average Bonchev–Trinajstić information content (AvgIpc) is 2.87. The van der Waals surface area contributed by atoms with Crippen LogP contribution in [0.2, 0.25) is 0 Å². The van der Waals surface area contributed by atoms with Gasteiger partial charge in [0, 0.05) is 15.6 Å². The monoisotopic (exact) mass is 428 g/mol. The molecular weight excluding hydrogens is 408 g/mol. The molecule has 2 aromatic carbocycles. The number of rotatable bonds is 6. The van der Waals surface area contributed by atoms with Crippen LogP contribution in [0.1, 0.15) is 41.8 Å². The van der Waals surface area contributed by atoms with Gasteiger partial charge in [-0.05, 0) is 25.0 Å². The molecule has 6 heteroatoms. The van der Waals surface area contributed by atoms with Crippen molar-refractivity contribution in [1.82, 2.24) is 10.2 Å². The summed E-state index contributed by atoms with van der Waals surface area (Å²) in [5.41, 5.74) is 1.10.